The molecular formula is C14H17FO. The van der Waals surface area contributed by atoms with Gasteiger partial charge >= 0.3 is 0 Å². The minimum absolute atomic E-state index is 0.259. The van der Waals surface area contributed by atoms with Crippen molar-refractivity contribution in [2.24, 2.45) is 0 Å². The van der Waals surface area contributed by atoms with E-state index in [1.54, 1.807) is 6.07 Å². The van der Waals surface area contributed by atoms with Crippen molar-refractivity contribution in [1.82, 2.24) is 0 Å². The molecule has 16 heavy (non-hydrogen) atoms. The zero-order valence-electron chi connectivity index (χ0n) is 9.58. The number of hydrogen-bond acceptors (Lipinski definition) is 1. The van der Waals surface area contributed by atoms with Gasteiger partial charge in [0.25, 0.3) is 0 Å². The lowest BCUT2D eigenvalue weighted by Crippen LogP contribution is -1.88. The third-order valence-electron chi connectivity index (χ3n) is 2.51. The molecule has 0 saturated heterocycles. The summed E-state index contributed by atoms with van der Waals surface area (Å²) in [5, 5.41) is 0. The van der Waals surface area contributed by atoms with Crippen LogP contribution in [-0.4, -0.2) is 6.29 Å². The number of allylic oxidation sites excluding steroid dienone is 2. The molecule has 0 spiro atoms. The predicted octanol–water partition coefficient (Wildman–Crippen LogP) is 3.99. The van der Waals surface area contributed by atoms with Gasteiger partial charge in [0.1, 0.15) is 12.1 Å². The van der Waals surface area contributed by atoms with Crippen molar-refractivity contribution in [3.05, 3.63) is 41.7 Å². The summed E-state index contributed by atoms with van der Waals surface area (Å²) in [5.41, 5.74) is 1.73. The molecule has 0 aliphatic rings. The van der Waals surface area contributed by atoms with Crippen molar-refractivity contribution < 1.29 is 9.18 Å². The fraction of sp³-hybridized carbons (Fsp3) is 0.357. The van der Waals surface area contributed by atoms with E-state index in [1.807, 2.05) is 6.07 Å². The van der Waals surface area contributed by atoms with Gasteiger partial charge in [0.05, 0.1) is 0 Å². The van der Waals surface area contributed by atoms with Crippen molar-refractivity contribution in [3.8, 4) is 0 Å². The van der Waals surface area contributed by atoms with Gasteiger partial charge in [-0.3, -0.25) is 4.79 Å². The standard InChI is InChI=1S/C14H17FO/c1-2-3-4-6-12(9-10-16)13-7-5-8-14(15)11-13/h5,7-11H,2-4,6H2,1H3/b12-9-. The van der Waals surface area contributed by atoms with Crippen LogP contribution < -0.4 is 0 Å². The van der Waals surface area contributed by atoms with Gasteiger partial charge in [-0.25, -0.2) is 4.39 Å². The molecule has 0 heterocycles. The fourth-order valence-corrected chi connectivity index (χ4v) is 1.66. The number of halogens is 1. The van der Waals surface area contributed by atoms with Gasteiger partial charge in [0.15, 0.2) is 0 Å². The van der Waals surface area contributed by atoms with Crippen LogP contribution >= 0.6 is 0 Å². The smallest absolute Gasteiger partial charge is 0.143 e. The van der Waals surface area contributed by atoms with Gasteiger partial charge in [-0.2, -0.15) is 0 Å². The summed E-state index contributed by atoms with van der Waals surface area (Å²) in [4.78, 5) is 10.5. The normalized spacial score (nSPS) is 11.5. The minimum Gasteiger partial charge on any atom is -0.299 e. The van der Waals surface area contributed by atoms with E-state index in [0.717, 1.165) is 43.1 Å². The topological polar surface area (TPSA) is 17.1 Å². The summed E-state index contributed by atoms with van der Waals surface area (Å²) in [5.74, 6) is -0.259. The van der Waals surface area contributed by atoms with Gasteiger partial charge in [-0.15, -0.1) is 0 Å². The van der Waals surface area contributed by atoms with Crippen LogP contribution in [0, 0.1) is 5.82 Å². The second-order valence-corrected chi connectivity index (χ2v) is 3.80. The Bertz CT molecular complexity index is 369. The third kappa shape index (κ3) is 3.97. The van der Waals surface area contributed by atoms with E-state index in [9.17, 15) is 9.18 Å². The number of benzene rings is 1. The van der Waals surface area contributed by atoms with Crippen molar-refractivity contribution >= 4 is 11.9 Å². The van der Waals surface area contributed by atoms with E-state index >= 15 is 0 Å². The van der Waals surface area contributed by atoms with Gasteiger partial charge in [0.2, 0.25) is 0 Å². The van der Waals surface area contributed by atoms with Crippen LogP contribution in [0.15, 0.2) is 30.3 Å². The third-order valence-corrected chi connectivity index (χ3v) is 2.51. The average Bonchev–Trinajstić information content (AvgIpc) is 2.28. The van der Waals surface area contributed by atoms with Crippen LogP contribution in [0.4, 0.5) is 4.39 Å². The Morgan fingerprint density at radius 1 is 1.38 bits per heavy atom. The van der Waals surface area contributed by atoms with Crippen LogP contribution in [-0.2, 0) is 4.79 Å². The molecule has 0 saturated carbocycles. The number of rotatable bonds is 6. The number of carbonyl (C=O) groups is 1. The van der Waals surface area contributed by atoms with E-state index in [1.165, 1.54) is 18.2 Å². The lowest BCUT2D eigenvalue weighted by Gasteiger charge is -2.06. The first-order valence-corrected chi connectivity index (χ1v) is 5.68. The molecule has 0 N–H and O–H groups in total. The Kier molecular flexibility index (Phi) is 5.48. The van der Waals surface area contributed by atoms with E-state index in [2.05, 4.69) is 6.92 Å². The number of hydrogen-bond donors (Lipinski definition) is 0. The SMILES string of the molecule is CCCCC/C(=C/C=O)c1cccc(F)c1. The van der Waals surface area contributed by atoms with Crippen LogP contribution in [0.5, 0.6) is 0 Å². The van der Waals surface area contributed by atoms with Crippen LogP contribution in [0.3, 0.4) is 0 Å². The first kappa shape index (κ1) is 12.6. The van der Waals surface area contributed by atoms with Crippen molar-refractivity contribution in [2.75, 3.05) is 0 Å². The highest BCUT2D eigenvalue weighted by molar-refractivity contribution is 5.81. The largest absolute Gasteiger partial charge is 0.299 e. The summed E-state index contributed by atoms with van der Waals surface area (Å²) < 4.78 is 13.0. The molecular weight excluding hydrogens is 203 g/mol. The second-order valence-electron chi connectivity index (χ2n) is 3.80. The first-order chi connectivity index (χ1) is 7.77. The molecule has 0 atom stereocenters. The Balaban J connectivity index is 2.77. The molecule has 0 aromatic heterocycles. The molecule has 0 aliphatic carbocycles. The zero-order valence-corrected chi connectivity index (χ0v) is 9.58. The summed E-state index contributed by atoms with van der Waals surface area (Å²) in [6.07, 6.45) is 6.43. The maximum atomic E-state index is 13.0. The Morgan fingerprint density at radius 2 is 2.19 bits per heavy atom. The molecule has 0 bridgehead atoms. The molecule has 1 rings (SSSR count). The van der Waals surface area contributed by atoms with Gasteiger partial charge in [-0.05, 0) is 42.2 Å². The summed E-state index contributed by atoms with van der Waals surface area (Å²) in [7, 11) is 0. The average molecular weight is 220 g/mol. The Morgan fingerprint density at radius 3 is 2.81 bits per heavy atom. The summed E-state index contributed by atoms with van der Waals surface area (Å²) in [6.45, 7) is 2.13. The maximum absolute atomic E-state index is 13.0. The molecule has 86 valence electrons. The molecule has 1 aromatic rings. The lowest BCUT2D eigenvalue weighted by atomic mass is 9.99. The molecule has 1 aromatic carbocycles. The number of aldehydes is 1. The number of unbranched alkanes of at least 4 members (excludes halogenated alkanes) is 2. The number of carbonyl (C=O) groups excluding carboxylic acids is 1. The highest BCUT2D eigenvalue weighted by atomic mass is 19.1. The van der Waals surface area contributed by atoms with Crippen molar-refractivity contribution in [3.63, 3.8) is 0 Å². The molecule has 0 radical (unpaired) electrons. The van der Waals surface area contributed by atoms with Gasteiger partial charge < -0.3 is 0 Å². The highest BCUT2D eigenvalue weighted by Crippen LogP contribution is 2.21. The van der Waals surface area contributed by atoms with E-state index in [4.69, 9.17) is 0 Å². The molecule has 1 nitrogen and oxygen atoms in total. The van der Waals surface area contributed by atoms with Crippen molar-refractivity contribution in [1.29, 1.82) is 0 Å². The van der Waals surface area contributed by atoms with Crippen LogP contribution in [0.1, 0.15) is 38.2 Å². The minimum atomic E-state index is -0.259. The lowest BCUT2D eigenvalue weighted by molar-refractivity contribution is -0.104. The Labute approximate surface area is 96.0 Å². The van der Waals surface area contributed by atoms with Crippen LogP contribution in [0.25, 0.3) is 5.57 Å². The molecule has 0 aliphatic heterocycles. The maximum Gasteiger partial charge on any atom is 0.143 e. The second kappa shape index (κ2) is 6.94. The molecule has 2 heteroatoms. The van der Waals surface area contributed by atoms with Crippen LogP contribution in [0.2, 0.25) is 0 Å². The monoisotopic (exact) mass is 220 g/mol. The molecule has 0 unspecified atom stereocenters. The molecule has 0 fully saturated rings. The van der Waals surface area contributed by atoms with E-state index in [-0.39, 0.29) is 5.82 Å². The molecule has 0 amide bonds. The van der Waals surface area contributed by atoms with Crippen molar-refractivity contribution in [2.45, 2.75) is 32.6 Å². The highest BCUT2D eigenvalue weighted by Gasteiger charge is 2.02. The van der Waals surface area contributed by atoms with E-state index in [0.29, 0.717) is 0 Å². The van der Waals surface area contributed by atoms with Gasteiger partial charge in [0, 0.05) is 0 Å². The predicted molar refractivity (Wildman–Crippen MR) is 64.6 cm³/mol. The summed E-state index contributed by atoms with van der Waals surface area (Å²) >= 11 is 0. The quantitative estimate of drug-likeness (QED) is 0.402. The fourth-order valence-electron chi connectivity index (χ4n) is 1.66. The zero-order chi connectivity index (χ0) is 11.8. The van der Waals surface area contributed by atoms with E-state index < -0.39 is 0 Å². The summed E-state index contributed by atoms with van der Waals surface area (Å²) in [6, 6.07) is 6.39. The Hall–Kier alpha value is -1.44. The first-order valence-electron chi connectivity index (χ1n) is 5.68. The van der Waals surface area contributed by atoms with Gasteiger partial charge in [-0.1, -0.05) is 31.9 Å².